The molecule has 0 saturated heterocycles. The monoisotopic (exact) mass is 330 g/mol. The number of nitrogens with one attached hydrogen (secondary N) is 1. The van der Waals surface area contributed by atoms with E-state index in [1.165, 1.54) is 35.4 Å². The second-order valence-corrected chi connectivity index (χ2v) is 5.88. The van der Waals surface area contributed by atoms with E-state index in [0.29, 0.717) is 12.1 Å². The number of nitro groups is 1. The van der Waals surface area contributed by atoms with Crippen molar-refractivity contribution in [2.45, 2.75) is 32.5 Å². The highest BCUT2D eigenvalue weighted by Gasteiger charge is 2.20. The number of non-ortho nitro benzene ring substituents is 1. The van der Waals surface area contributed by atoms with E-state index in [1.54, 1.807) is 0 Å². The van der Waals surface area contributed by atoms with E-state index in [2.05, 4.69) is 11.4 Å². The van der Waals surface area contributed by atoms with Gasteiger partial charge in [-0.1, -0.05) is 18.2 Å². The van der Waals surface area contributed by atoms with Gasteiger partial charge < -0.3 is 15.5 Å². The molecule has 2 aromatic rings. The molecule has 0 radical (unpaired) electrons. The van der Waals surface area contributed by atoms with Crippen LogP contribution in [-0.4, -0.2) is 27.8 Å². The van der Waals surface area contributed by atoms with Crippen LogP contribution >= 0.6 is 0 Å². The van der Waals surface area contributed by atoms with Crippen molar-refractivity contribution in [1.29, 1.82) is 0 Å². The van der Waals surface area contributed by atoms with Crippen LogP contribution in [0.5, 0.6) is 0 Å². The van der Waals surface area contributed by atoms with Gasteiger partial charge in [0.25, 0.3) is 5.69 Å². The molecular weight excluding hydrogens is 308 g/mol. The van der Waals surface area contributed by atoms with Gasteiger partial charge in [-0.25, -0.2) is 0 Å². The van der Waals surface area contributed by atoms with Gasteiger partial charge in [-0.3, -0.25) is 10.1 Å². The molecule has 2 rings (SSSR count). The maximum Gasteiger partial charge on any atom is 0.269 e. The van der Waals surface area contributed by atoms with E-state index in [1.807, 2.05) is 26.0 Å². The van der Waals surface area contributed by atoms with Crippen LogP contribution in [0.2, 0.25) is 0 Å². The highest BCUT2D eigenvalue weighted by Crippen LogP contribution is 2.21. The molecule has 2 atom stereocenters. The minimum Gasteiger partial charge on any atom is -0.395 e. The fourth-order valence-corrected chi connectivity index (χ4v) is 2.46. The fraction of sp³-hybridized carbons (Fsp3) is 0.333. The third-order valence-electron chi connectivity index (χ3n) is 4.16. The number of nitrogens with zero attached hydrogens (tertiary/aromatic N) is 1. The van der Waals surface area contributed by atoms with Crippen molar-refractivity contribution in [1.82, 2.24) is 5.32 Å². The molecule has 24 heavy (non-hydrogen) atoms. The summed E-state index contributed by atoms with van der Waals surface area (Å²) in [6, 6.07) is 11.2. The Hall–Kier alpha value is -2.28. The number of rotatable bonds is 7. The highest BCUT2D eigenvalue weighted by atomic mass is 16.6. The molecule has 6 nitrogen and oxygen atoms in total. The Morgan fingerprint density at radius 3 is 2.33 bits per heavy atom. The first-order valence-electron chi connectivity index (χ1n) is 7.75. The van der Waals surface area contributed by atoms with Crippen molar-refractivity contribution in [2.75, 3.05) is 6.61 Å². The van der Waals surface area contributed by atoms with Gasteiger partial charge in [0.1, 0.15) is 0 Å². The summed E-state index contributed by atoms with van der Waals surface area (Å²) in [6.45, 7) is 4.34. The van der Waals surface area contributed by atoms with Crippen LogP contribution in [0.4, 0.5) is 5.69 Å². The molecule has 6 heteroatoms. The van der Waals surface area contributed by atoms with Crippen LogP contribution in [0.25, 0.3) is 0 Å². The van der Waals surface area contributed by atoms with E-state index in [4.69, 9.17) is 0 Å². The van der Waals surface area contributed by atoms with Gasteiger partial charge in [0, 0.05) is 18.7 Å². The highest BCUT2D eigenvalue weighted by molar-refractivity contribution is 5.34. The largest absolute Gasteiger partial charge is 0.395 e. The summed E-state index contributed by atoms with van der Waals surface area (Å²) >= 11 is 0. The van der Waals surface area contributed by atoms with Crippen LogP contribution in [0, 0.1) is 24.0 Å². The van der Waals surface area contributed by atoms with Crippen LogP contribution in [0.3, 0.4) is 0 Å². The molecule has 0 amide bonds. The van der Waals surface area contributed by atoms with Crippen LogP contribution < -0.4 is 5.32 Å². The Kier molecular flexibility index (Phi) is 6.03. The second kappa shape index (κ2) is 8.01. The van der Waals surface area contributed by atoms with E-state index < -0.39 is 17.1 Å². The molecule has 128 valence electrons. The number of aryl methyl sites for hydroxylation is 2. The Morgan fingerprint density at radius 2 is 1.79 bits per heavy atom. The SMILES string of the molecule is Cc1ccc(CNC(CO)C(O)c2ccc([N+](=O)[O-])cc2)cc1C. The number of hydrogen-bond donors (Lipinski definition) is 3. The zero-order valence-electron chi connectivity index (χ0n) is 13.8. The van der Waals surface area contributed by atoms with E-state index >= 15 is 0 Å². The Bertz CT molecular complexity index is 701. The predicted molar refractivity (Wildman–Crippen MR) is 91.7 cm³/mol. The molecule has 2 unspecified atom stereocenters. The van der Waals surface area contributed by atoms with Gasteiger partial charge in [-0.05, 0) is 48.2 Å². The third kappa shape index (κ3) is 4.38. The molecule has 0 spiro atoms. The summed E-state index contributed by atoms with van der Waals surface area (Å²) in [5.74, 6) is 0. The van der Waals surface area contributed by atoms with Crippen molar-refractivity contribution >= 4 is 5.69 Å². The van der Waals surface area contributed by atoms with Gasteiger partial charge >= 0.3 is 0 Å². The molecule has 0 aliphatic rings. The average molecular weight is 330 g/mol. The Morgan fingerprint density at radius 1 is 1.12 bits per heavy atom. The summed E-state index contributed by atoms with van der Waals surface area (Å²) < 4.78 is 0. The smallest absolute Gasteiger partial charge is 0.269 e. The normalized spacial score (nSPS) is 13.5. The second-order valence-electron chi connectivity index (χ2n) is 5.88. The minimum atomic E-state index is -0.956. The topological polar surface area (TPSA) is 95.6 Å². The van der Waals surface area contributed by atoms with Crippen LogP contribution in [0.1, 0.15) is 28.4 Å². The first kappa shape index (κ1) is 18.1. The molecule has 0 heterocycles. The van der Waals surface area contributed by atoms with Gasteiger partial charge in [0.05, 0.1) is 23.7 Å². The van der Waals surface area contributed by atoms with E-state index in [0.717, 1.165) is 5.56 Å². The van der Waals surface area contributed by atoms with Crippen LogP contribution in [0.15, 0.2) is 42.5 Å². The first-order valence-corrected chi connectivity index (χ1v) is 7.75. The van der Waals surface area contributed by atoms with Crippen molar-refractivity contribution in [3.8, 4) is 0 Å². The van der Waals surface area contributed by atoms with Crippen LogP contribution in [-0.2, 0) is 6.54 Å². The molecule has 3 N–H and O–H groups in total. The summed E-state index contributed by atoms with van der Waals surface area (Å²) in [4.78, 5) is 10.2. The lowest BCUT2D eigenvalue weighted by molar-refractivity contribution is -0.384. The Labute approximate surface area is 140 Å². The molecule has 0 aliphatic heterocycles. The third-order valence-corrected chi connectivity index (χ3v) is 4.16. The molecule has 0 aliphatic carbocycles. The first-order chi connectivity index (χ1) is 11.4. The standard InChI is InChI=1S/C18H22N2O4/c1-12-3-4-14(9-13(12)2)10-19-17(11-21)18(22)15-5-7-16(8-6-15)20(23)24/h3-9,17-19,21-22H,10-11H2,1-2H3. The quantitative estimate of drug-likeness (QED) is 0.535. The van der Waals surface area contributed by atoms with Gasteiger partial charge in [-0.2, -0.15) is 0 Å². The predicted octanol–water partition coefficient (Wildman–Crippen LogP) is 2.40. The zero-order chi connectivity index (χ0) is 17.7. The molecule has 0 aromatic heterocycles. The molecule has 0 saturated carbocycles. The lowest BCUT2D eigenvalue weighted by Gasteiger charge is -2.23. The van der Waals surface area contributed by atoms with Gasteiger partial charge in [0.15, 0.2) is 0 Å². The van der Waals surface area contributed by atoms with Crippen molar-refractivity contribution in [2.24, 2.45) is 0 Å². The van der Waals surface area contributed by atoms with Gasteiger partial charge in [0.2, 0.25) is 0 Å². The fourth-order valence-electron chi connectivity index (χ4n) is 2.46. The molecule has 0 fully saturated rings. The molecule has 2 aromatic carbocycles. The zero-order valence-corrected chi connectivity index (χ0v) is 13.8. The maximum atomic E-state index is 10.7. The van der Waals surface area contributed by atoms with Crippen molar-refractivity contribution in [3.05, 3.63) is 74.8 Å². The molecular formula is C18H22N2O4. The summed E-state index contributed by atoms with van der Waals surface area (Å²) in [5, 5.41) is 33.7. The summed E-state index contributed by atoms with van der Waals surface area (Å²) in [6.07, 6.45) is -0.956. The number of nitro benzene ring substituents is 1. The van der Waals surface area contributed by atoms with Gasteiger partial charge in [-0.15, -0.1) is 0 Å². The lowest BCUT2D eigenvalue weighted by atomic mass is 10.0. The number of hydrogen-bond acceptors (Lipinski definition) is 5. The number of benzene rings is 2. The maximum absolute atomic E-state index is 10.7. The summed E-state index contributed by atoms with van der Waals surface area (Å²) in [7, 11) is 0. The molecule has 0 bridgehead atoms. The average Bonchev–Trinajstić information content (AvgIpc) is 2.58. The minimum absolute atomic E-state index is 0.0328. The lowest BCUT2D eigenvalue weighted by Crippen LogP contribution is -2.37. The van der Waals surface area contributed by atoms with E-state index in [9.17, 15) is 20.3 Å². The number of aliphatic hydroxyl groups excluding tert-OH is 2. The number of aliphatic hydroxyl groups is 2. The Balaban J connectivity index is 2.03. The van der Waals surface area contributed by atoms with E-state index in [-0.39, 0.29) is 12.3 Å². The van der Waals surface area contributed by atoms with Crippen molar-refractivity contribution in [3.63, 3.8) is 0 Å². The van der Waals surface area contributed by atoms with Crippen molar-refractivity contribution < 1.29 is 15.1 Å². The summed E-state index contributed by atoms with van der Waals surface area (Å²) in [5.41, 5.74) is 3.95.